The topological polar surface area (TPSA) is 50.5 Å². The maximum Gasteiger partial charge on any atom is 0.246 e. The molecule has 0 aromatic carbocycles. The molecule has 1 unspecified atom stereocenters. The fourth-order valence-corrected chi connectivity index (χ4v) is 3.99. The SMILES string of the molecule is CSCCC(C)N(C)S(=O)(=O)c1cc(CCl)oc1C. The van der Waals surface area contributed by atoms with Gasteiger partial charge in [-0.1, -0.05) is 0 Å². The number of hydrogen-bond donors (Lipinski definition) is 0. The second kappa shape index (κ2) is 7.02. The van der Waals surface area contributed by atoms with Crippen molar-refractivity contribution in [3.63, 3.8) is 0 Å². The quantitative estimate of drug-likeness (QED) is 0.723. The molecule has 0 aliphatic rings. The van der Waals surface area contributed by atoms with Crippen LogP contribution in [0.3, 0.4) is 0 Å². The minimum absolute atomic E-state index is 0.0498. The summed E-state index contributed by atoms with van der Waals surface area (Å²) in [6, 6.07) is 1.46. The maximum absolute atomic E-state index is 12.5. The standard InChI is InChI=1S/C12H20ClNO3S2/c1-9(5-6-18-4)14(3)19(15,16)12-7-11(8-13)17-10(12)2/h7,9H,5-6,8H2,1-4H3. The van der Waals surface area contributed by atoms with Gasteiger partial charge in [0.2, 0.25) is 10.0 Å². The van der Waals surface area contributed by atoms with Crippen LogP contribution in [0.4, 0.5) is 0 Å². The van der Waals surface area contributed by atoms with E-state index in [1.165, 1.54) is 10.4 Å². The molecule has 0 bridgehead atoms. The fourth-order valence-electron chi connectivity index (χ4n) is 1.71. The third-order valence-electron chi connectivity index (χ3n) is 3.07. The van der Waals surface area contributed by atoms with Crippen molar-refractivity contribution in [2.75, 3.05) is 19.1 Å². The molecule has 7 heteroatoms. The average Bonchev–Trinajstić information content (AvgIpc) is 2.76. The van der Waals surface area contributed by atoms with Gasteiger partial charge in [0, 0.05) is 19.2 Å². The van der Waals surface area contributed by atoms with Crippen LogP contribution in [0.1, 0.15) is 24.9 Å². The Kier molecular flexibility index (Phi) is 6.23. The van der Waals surface area contributed by atoms with E-state index in [0.29, 0.717) is 11.5 Å². The molecule has 1 atom stereocenters. The normalized spacial score (nSPS) is 14.0. The molecule has 1 aromatic rings. The van der Waals surface area contributed by atoms with Crippen molar-refractivity contribution in [2.45, 2.75) is 37.1 Å². The van der Waals surface area contributed by atoms with Gasteiger partial charge in [-0.2, -0.15) is 16.1 Å². The smallest absolute Gasteiger partial charge is 0.246 e. The number of thioether (sulfide) groups is 1. The first-order valence-corrected chi connectivity index (χ1v) is 9.33. The molecule has 0 spiro atoms. The van der Waals surface area contributed by atoms with E-state index in [1.807, 2.05) is 13.2 Å². The molecule has 0 aliphatic heterocycles. The van der Waals surface area contributed by atoms with Gasteiger partial charge in [0.25, 0.3) is 0 Å². The number of halogens is 1. The van der Waals surface area contributed by atoms with Gasteiger partial charge < -0.3 is 4.42 Å². The van der Waals surface area contributed by atoms with Crippen molar-refractivity contribution in [3.05, 3.63) is 17.6 Å². The molecule has 0 saturated carbocycles. The van der Waals surface area contributed by atoms with Gasteiger partial charge in [-0.25, -0.2) is 8.42 Å². The highest BCUT2D eigenvalue weighted by Crippen LogP contribution is 2.25. The van der Waals surface area contributed by atoms with Crippen LogP contribution in [0.2, 0.25) is 0 Å². The van der Waals surface area contributed by atoms with Crippen molar-refractivity contribution < 1.29 is 12.8 Å². The summed E-state index contributed by atoms with van der Waals surface area (Å²) in [4.78, 5) is 0.210. The number of nitrogens with zero attached hydrogens (tertiary/aromatic N) is 1. The first kappa shape index (κ1) is 16.9. The lowest BCUT2D eigenvalue weighted by Gasteiger charge is -2.23. The predicted octanol–water partition coefficient (Wildman–Crippen LogP) is 3.09. The Morgan fingerprint density at radius 2 is 2.16 bits per heavy atom. The number of furan rings is 1. The maximum atomic E-state index is 12.5. The van der Waals surface area contributed by atoms with E-state index in [4.69, 9.17) is 16.0 Å². The van der Waals surface area contributed by atoms with Crippen LogP contribution in [0.15, 0.2) is 15.4 Å². The lowest BCUT2D eigenvalue weighted by atomic mass is 10.3. The largest absolute Gasteiger partial charge is 0.464 e. The molecule has 1 heterocycles. The molecule has 0 amide bonds. The van der Waals surface area contributed by atoms with E-state index in [0.717, 1.165) is 12.2 Å². The van der Waals surface area contributed by atoms with Gasteiger partial charge in [0.15, 0.2) is 0 Å². The summed E-state index contributed by atoms with van der Waals surface area (Å²) in [5, 5.41) is 0. The lowest BCUT2D eigenvalue weighted by molar-refractivity contribution is 0.381. The summed E-state index contributed by atoms with van der Waals surface area (Å²) in [5.74, 6) is 1.96. The Morgan fingerprint density at radius 1 is 1.53 bits per heavy atom. The van der Waals surface area contributed by atoms with E-state index in [-0.39, 0.29) is 16.8 Å². The summed E-state index contributed by atoms with van der Waals surface area (Å²) in [5.41, 5.74) is 0. The van der Waals surface area contributed by atoms with Crippen molar-refractivity contribution >= 4 is 33.4 Å². The zero-order valence-electron chi connectivity index (χ0n) is 11.6. The van der Waals surface area contributed by atoms with Crippen molar-refractivity contribution in [3.8, 4) is 0 Å². The highest BCUT2D eigenvalue weighted by atomic mass is 35.5. The number of aryl methyl sites for hydroxylation is 1. The predicted molar refractivity (Wildman–Crippen MR) is 80.4 cm³/mol. The van der Waals surface area contributed by atoms with E-state index in [9.17, 15) is 8.42 Å². The first-order valence-electron chi connectivity index (χ1n) is 5.96. The third-order valence-corrected chi connectivity index (χ3v) is 6.06. The van der Waals surface area contributed by atoms with Crippen LogP contribution in [-0.4, -0.2) is 37.8 Å². The minimum atomic E-state index is -3.52. The molecule has 0 saturated heterocycles. The molecular weight excluding hydrogens is 306 g/mol. The van der Waals surface area contributed by atoms with E-state index in [1.54, 1.807) is 25.7 Å². The zero-order chi connectivity index (χ0) is 14.6. The van der Waals surface area contributed by atoms with Crippen molar-refractivity contribution in [1.29, 1.82) is 0 Å². The van der Waals surface area contributed by atoms with Gasteiger partial charge in [0.1, 0.15) is 16.4 Å². The highest BCUT2D eigenvalue weighted by molar-refractivity contribution is 7.98. The van der Waals surface area contributed by atoms with E-state index >= 15 is 0 Å². The van der Waals surface area contributed by atoms with Crippen LogP contribution in [0.5, 0.6) is 0 Å². The molecule has 0 aliphatic carbocycles. The first-order chi connectivity index (χ1) is 8.84. The number of sulfonamides is 1. The van der Waals surface area contributed by atoms with Crippen LogP contribution in [0, 0.1) is 6.92 Å². The molecule has 0 radical (unpaired) electrons. The average molecular weight is 326 g/mol. The summed E-state index contributed by atoms with van der Waals surface area (Å²) in [6.07, 6.45) is 2.82. The Labute approximate surface area is 124 Å². The van der Waals surface area contributed by atoms with Gasteiger partial charge in [-0.05, 0) is 32.3 Å². The number of rotatable bonds is 7. The van der Waals surface area contributed by atoms with Gasteiger partial charge in [-0.3, -0.25) is 0 Å². The zero-order valence-corrected chi connectivity index (χ0v) is 14.0. The summed E-state index contributed by atoms with van der Waals surface area (Å²) in [6.45, 7) is 3.55. The second-order valence-electron chi connectivity index (χ2n) is 4.42. The molecule has 1 aromatic heterocycles. The Morgan fingerprint density at radius 3 is 2.63 bits per heavy atom. The van der Waals surface area contributed by atoms with Crippen LogP contribution in [-0.2, 0) is 15.9 Å². The molecule has 4 nitrogen and oxygen atoms in total. The molecule has 1 rings (SSSR count). The van der Waals surface area contributed by atoms with Gasteiger partial charge >= 0.3 is 0 Å². The fraction of sp³-hybridized carbons (Fsp3) is 0.667. The van der Waals surface area contributed by atoms with Crippen LogP contribution < -0.4 is 0 Å². The van der Waals surface area contributed by atoms with Crippen LogP contribution in [0.25, 0.3) is 0 Å². The summed E-state index contributed by atoms with van der Waals surface area (Å²) >= 11 is 7.38. The van der Waals surface area contributed by atoms with Gasteiger partial charge in [0.05, 0.1) is 5.88 Å². The summed E-state index contributed by atoms with van der Waals surface area (Å²) < 4.78 is 31.7. The second-order valence-corrected chi connectivity index (χ2v) is 7.64. The van der Waals surface area contributed by atoms with Crippen molar-refractivity contribution in [2.24, 2.45) is 0 Å². The summed E-state index contributed by atoms with van der Waals surface area (Å²) in [7, 11) is -1.91. The molecule has 110 valence electrons. The number of alkyl halides is 1. The monoisotopic (exact) mass is 325 g/mol. The Bertz CT molecular complexity index is 513. The third kappa shape index (κ3) is 3.90. The minimum Gasteiger partial charge on any atom is -0.464 e. The molecule has 19 heavy (non-hydrogen) atoms. The Hall–Kier alpha value is -0.170. The van der Waals surface area contributed by atoms with Gasteiger partial charge in [-0.15, -0.1) is 11.6 Å². The van der Waals surface area contributed by atoms with Crippen molar-refractivity contribution in [1.82, 2.24) is 4.31 Å². The lowest BCUT2D eigenvalue weighted by Crippen LogP contribution is -2.35. The Balaban J connectivity index is 2.99. The molecule has 0 fully saturated rings. The van der Waals surface area contributed by atoms with Crippen LogP contribution >= 0.6 is 23.4 Å². The molecular formula is C12H20ClNO3S2. The molecule has 0 N–H and O–H groups in total. The van der Waals surface area contributed by atoms with E-state index < -0.39 is 10.0 Å². The van der Waals surface area contributed by atoms with E-state index in [2.05, 4.69) is 0 Å². The number of hydrogen-bond acceptors (Lipinski definition) is 4. The highest BCUT2D eigenvalue weighted by Gasteiger charge is 2.29.